The standard InChI is InChI=1S/C21H23N3O3S.C4H4O4/c1-13-15(20(25)24-8-9-28-21(24)22-13)6-7-23-10-14-12-27-19-16(17(14)11-23)4-3-5-18(19)26-2;5-3(6)1-2-4(7)8/h3-5,8-9,14,17H,6-7,10-12H2,1-2H3;1-2H,(H,5,6)(H,7,8)/b;2-1+/t14-,17-;/m1./s1. The number of aromatic nitrogens is 2. The van der Waals surface area contributed by atoms with Crippen molar-refractivity contribution in [2.45, 2.75) is 19.3 Å². The zero-order valence-electron chi connectivity index (χ0n) is 19.9. The fraction of sp³-hybridized carbons (Fsp3) is 0.360. The van der Waals surface area contributed by atoms with Crippen molar-refractivity contribution in [3.05, 3.63) is 69.1 Å². The average Bonchev–Trinajstić information content (AvgIpc) is 3.49. The Labute approximate surface area is 211 Å². The number of carboxylic acids is 2. The van der Waals surface area contributed by atoms with Crippen molar-refractivity contribution >= 4 is 28.2 Å². The molecule has 1 fully saturated rings. The number of thiazole rings is 1. The van der Waals surface area contributed by atoms with Gasteiger partial charge < -0.3 is 24.6 Å². The van der Waals surface area contributed by atoms with Gasteiger partial charge in [0.2, 0.25) is 0 Å². The third-order valence-corrected chi connectivity index (χ3v) is 7.16. The molecule has 190 valence electrons. The van der Waals surface area contributed by atoms with Crippen molar-refractivity contribution in [2.75, 3.05) is 33.4 Å². The molecule has 0 saturated carbocycles. The highest BCUT2D eigenvalue weighted by Gasteiger charge is 2.39. The number of likely N-dealkylation sites (tertiary alicyclic amines) is 1. The lowest BCUT2D eigenvalue weighted by molar-refractivity contribution is -0.134. The Hall–Kier alpha value is -3.70. The predicted molar refractivity (Wildman–Crippen MR) is 133 cm³/mol. The number of ether oxygens (including phenoxy) is 2. The second-order valence-electron chi connectivity index (χ2n) is 8.61. The number of benzene rings is 1. The summed E-state index contributed by atoms with van der Waals surface area (Å²) in [5.74, 6) is 0.139. The van der Waals surface area contributed by atoms with Gasteiger partial charge in [0.25, 0.3) is 5.56 Å². The molecule has 4 heterocycles. The summed E-state index contributed by atoms with van der Waals surface area (Å²) in [5.41, 5.74) is 2.99. The molecule has 2 N–H and O–H groups in total. The van der Waals surface area contributed by atoms with Crippen LogP contribution in [0.25, 0.3) is 4.96 Å². The summed E-state index contributed by atoms with van der Waals surface area (Å²) in [4.78, 5) is 39.7. The molecule has 0 radical (unpaired) electrons. The van der Waals surface area contributed by atoms with E-state index in [1.54, 1.807) is 11.5 Å². The van der Waals surface area contributed by atoms with E-state index in [1.165, 1.54) is 16.9 Å². The maximum atomic E-state index is 12.8. The Kier molecular flexibility index (Phi) is 7.70. The molecule has 5 rings (SSSR count). The van der Waals surface area contributed by atoms with E-state index in [1.807, 2.05) is 30.6 Å². The Bertz CT molecular complexity index is 1350. The molecule has 0 unspecified atom stereocenters. The lowest BCUT2D eigenvalue weighted by Gasteiger charge is -2.28. The number of hydrogen-bond donors (Lipinski definition) is 2. The van der Waals surface area contributed by atoms with Gasteiger partial charge in [-0.3, -0.25) is 9.20 Å². The topological polar surface area (TPSA) is 131 Å². The van der Waals surface area contributed by atoms with Crippen LogP contribution in [0.1, 0.15) is 22.7 Å². The lowest BCUT2D eigenvalue weighted by atomic mass is 9.87. The van der Waals surface area contributed by atoms with E-state index in [4.69, 9.17) is 19.7 Å². The van der Waals surface area contributed by atoms with Gasteiger partial charge in [0.05, 0.1) is 13.7 Å². The number of carbonyl (C=O) groups is 2. The molecule has 1 saturated heterocycles. The fourth-order valence-electron chi connectivity index (χ4n) is 4.71. The van der Waals surface area contributed by atoms with Gasteiger partial charge in [-0.1, -0.05) is 12.1 Å². The van der Waals surface area contributed by atoms with Crippen LogP contribution in [0.4, 0.5) is 0 Å². The average molecular weight is 514 g/mol. The number of para-hydroxylation sites is 1. The highest BCUT2D eigenvalue weighted by atomic mass is 32.1. The first-order chi connectivity index (χ1) is 17.3. The van der Waals surface area contributed by atoms with Gasteiger partial charge >= 0.3 is 11.9 Å². The van der Waals surface area contributed by atoms with E-state index in [0.29, 0.717) is 24.0 Å². The molecule has 10 nitrogen and oxygen atoms in total. The predicted octanol–water partition coefficient (Wildman–Crippen LogP) is 2.44. The van der Waals surface area contributed by atoms with Crippen molar-refractivity contribution in [1.82, 2.24) is 14.3 Å². The van der Waals surface area contributed by atoms with E-state index >= 15 is 0 Å². The summed E-state index contributed by atoms with van der Waals surface area (Å²) in [6.07, 6.45) is 3.65. The molecule has 2 aromatic heterocycles. The van der Waals surface area contributed by atoms with E-state index in [9.17, 15) is 14.4 Å². The molecule has 3 aromatic rings. The van der Waals surface area contributed by atoms with E-state index in [0.717, 1.165) is 60.4 Å². The van der Waals surface area contributed by atoms with Gasteiger partial charge in [0.15, 0.2) is 16.5 Å². The quantitative estimate of drug-likeness (QED) is 0.477. The van der Waals surface area contributed by atoms with Crippen molar-refractivity contribution < 1.29 is 29.3 Å². The van der Waals surface area contributed by atoms with Gasteiger partial charge in [-0.2, -0.15) is 0 Å². The van der Waals surface area contributed by atoms with Gasteiger partial charge in [0.1, 0.15) is 0 Å². The zero-order valence-corrected chi connectivity index (χ0v) is 20.7. The number of fused-ring (bicyclic) bond motifs is 4. The second kappa shape index (κ2) is 10.9. The normalized spacial score (nSPS) is 18.7. The molecule has 1 aromatic carbocycles. The molecular weight excluding hydrogens is 486 g/mol. The molecule has 0 spiro atoms. The van der Waals surface area contributed by atoms with Crippen LogP contribution in [0, 0.1) is 12.8 Å². The minimum absolute atomic E-state index is 0.0683. The molecular formula is C25H27N3O7S. The van der Waals surface area contributed by atoms with Crippen molar-refractivity contribution in [2.24, 2.45) is 5.92 Å². The smallest absolute Gasteiger partial charge is 0.328 e. The summed E-state index contributed by atoms with van der Waals surface area (Å²) in [6.45, 7) is 5.51. The van der Waals surface area contributed by atoms with Gasteiger partial charge in [0, 0.05) is 72.0 Å². The molecule has 2 aliphatic rings. The van der Waals surface area contributed by atoms with Crippen molar-refractivity contribution in [1.29, 1.82) is 0 Å². The Morgan fingerprint density at radius 2 is 2.00 bits per heavy atom. The van der Waals surface area contributed by atoms with Crippen LogP contribution in [-0.2, 0) is 16.0 Å². The van der Waals surface area contributed by atoms with Crippen molar-refractivity contribution in [3.8, 4) is 11.5 Å². The number of methoxy groups -OCH3 is 1. The summed E-state index contributed by atoms with van der Waals surface area (Å²) in [6, 6.07) is 6.15. The Morgan fingerprint density at radius 3 is 2.69 bits per heavy atom. The second-order valence-corrected chi connectivity index (χ2v) is 9.49. The third-order valence-electron chi connectivity index (χ3n) is 6.40. The first-order valence-electron chi connectivity index (χ1n) is 11.4. The SMILES string of the molecule is COc1cccc2c1OC[C@H]1CN(CCc3c(C)nc4sccn4c3=O)C[C@@H]21.O=C(O)/C=C/C(=O)O. The number of aryl methyl sites for hydroxylation is 1. The number of aliphatic carboxylic acids is 2. The molecule has 36 heavy (non-hydrogen) atoms. The fourth-order valence-corrected chi connectivity index (χ4v) is 5.46. The first kappa shape index (κ1) is 25.4. The minimum atomic E-state index is -1.26. The van der Waals surface area contributed by atoms with E-state index < -0.39 is 11.9 Å². The third kappa shape index (κ3) is 5.42. The molecule has 11 heteroatoms. The molecule has 2 atom stereocenters. The molecule has 0 bridgehead atoms. The number of hydrogen-bond acceptors (Lipinski definition) is 8. The first-order valence-corrected chi connectivity index (χ1v) is 12.3. The van der Waals surface area contributed by atoms with Crippen LogP contribution >= 0.6 is 11.3 Å². The maximum Gasteiger partial charge on any atom is 0.328 e. The highest BCUT2D eigenvalue weighted by Crippen LogP contribution is 2.45. The van der Waals surface area contributed by atoms with Gasteiger partial charge in [-0.05, 0) is 19.4 Å². The summed E-state index contributed by atoms with van der Waals surface area (Å²) in [5, 5.41) is 17.5. The van der Waals surface area contributed by atoms with Crippen LogP contribution in [0.3, 0.4) is 0 Å². The van der Waals surface area contributed by atoms with Gasteiger partial charge in [-0.25, -0.2) is 14.6 Å². The Morgan fingerprint density at radius 1 is 1.25 bits per heavy atom. The molecule has 2 aliphatic heterocycles. The summed E-state index contributed by atoms with van der Waals surface area (Å²) >= 11 is 1.49. The van der Waals surface area contributed by atoms with Crippen LogP contribution in [0.5, 0.6) is 11.5 Å². The van der Waals surface area contributed by atoms with Crippen LogP contribution in [0.2, 0.25) is 0 Å². The number of rotatable bonds is 6. The monoisotopic (exact) mass is 513 g/mol. The van der Waals surface area contributed by atoms with Gasteiger partial charge in [-0.15, -0.1) is 11.3 Å². The van der Waals surface area contributed by atoms with E-state index in [2.05, 4.69) is 16.0 Å². The lowest BCUT2D eigenvalue weighted by Crippen LogP contribution is -2.28. The maximum absolute atomic E-state index is 12.8. The molecule has 0 aliphatic carbocycles. The minimum Gasteiger partial charge on any atom is -0.493 e. The largest absolute Gasteiger partial charge is 0.493 e. The Balaban J connectivity index is 0.000000331. The number of carboxylic acid groups (broad SMARTS) is 2. The zero-order chi connectivity index (χ0) is 25.8. The van der Waals surface area contributed by atoms with Crippen LogP contribution < -0.4 is 15.0 Å². The highest BCUT2D eigenvalue weighted by molar-refractivity contribution is 7.15. The van der Waals surface area contributed by atoms with Crippen LogP contribution in [-0.4, -0.2) is 69.8 Å². The van der Waals surface area contributed by atoms with Crippen molar-refractivity contribution in [3.63, 3.8) is 0 Å². The van der Waals surface area contributed by atoms with Crippen LogP contribution in [0.15, 0.2) is 46.7 Å². The summed E-state index contributed by atoms with van der Waals surface area (Å²) < 4.78 is 13.2. The molecule has 0 amide bonds. The van der Waals surface area contributed by atoms with E-state index in [-0.39, 0.29) is 5.56 Å². The number of nitrogens with zero attached hydrogens (tertiary/aromatic N) is 3. The summed E-state index contributed by atoms with van der Waals surface area (Å²) in [7, 11) is 1.69.